The lowest BCUT2D eigenvalue weighted by Crippen LogP contribution is -2.45. The van der Waals surface area contributed by atoms with Crippen molar-refractivity contribution in [3.63, 3.8) is 0 Å². The molecule has 4 nitrogen and oxygen atoms in total. The first-order chi connectivity index (χ1) is 9.49. The molecule has 1 aromatic carbocycles. The molecule has 1 fully saturated rings. The number of hydrogen-bond donors (Lipinski definition) is 1. The number of hydrogen-bond acceptors (Lipinski definition) is 2. The van der Waals surface area contributed by atoms with Gasteiger partial charge in [0.15, 0.2) is 0 Å². The SMILES string of the molecule is O=C(O)CC1CCCCN1C(=O)c1ccc(F)cc1F. The average Bonchev–Trinajstić information content (AvgIpc) is 2.38. The first kappa shape index (κ1) is 14.4. The number of carbonyl (C=O) groups excluding carboxylic acids is 1. The van der Waals surface area contributed by atoms with Gasteiger partial charge in [0.1, 0.15) is 11.6 Å². The molecule has 0 aliphatic carbocycles. The smallest absolute Gasteiger partial charge is 0.305 e. The second-order valence-electron chi connectivity index (χ2n) is 4.87. The first-order valence-electron chi connectivity index (χ1n) is 6.47. The second kappa shape index (κ2) is 5.98. The third-order valence-corrected chi connectivity index (χ3v) is 3.46. The molecule has 108 valence electrons. The van der Waals surface area contributed by atoms with Gasteiger partial charge in [-0.1, -0.05) is 0 Å². The summed E-state index contributed by atoms with van der Waals surface area (Å²) in [5.41, 5.74) is -0.219. The molecular formula is C14H15F2NO3. The lowest BCUT2D eigenvalue weighted by atomic mass is 9.98. The number of piperidine rings is 1. The van der Waals surface area contributed by atoms with Gasteiger partial charge in [-0.05, 0) is 31.4 Å². The molecule has 1 saturated heterocycles. The van der Waals surface area contributed by atoms with Gasteiger partial charge in [-0.15, -0.1) is 0 Å². The van der Waals surface area contributed by atoms with Crippen LogP contribution in [-0.2, 0) is 4.79 Å². The molecule has 1 amide bonds. The van der Waals surface area contributed by atoms with Crippen LogP contribution in [-0.4, -0.2) is 34.5 Å². The summed E-state index contributed by atoms with van der Waals surface area (Å²) >= 11 is 0. The van der Waals surface area contributed by atoms with E-state index < -0.39 is 29.6 Å². The molecule has 1 aromatic rings. The Bertz CT molecular complexity index is 533. The zero-order chi connectivity index (χ0) is 14.7. The summed E-state index contributed by atoms with van der Waals surface area (Å²) in [5.74, 6) is -3.24. The largest absolute Gasteiger partial charge is 0.481 e. The molecule has 1 atom stereocenters. The van der Waals surface area contributed by atoms with Crippen LogP contribution in [0.25, 0.3) is 0 Å². The Labute approximate surface area is 115 Å². The molecule has 1 aliphatic heterocycles. The standard InChI is InChI=1S/C14H15F2NO3/c15-9-4-5-11(12(16)7-9)14(20)17-6-2-1-3-10(17)8-13(18)19/h4-5,7,10H,1-3,6,8H2,(H,18,19). The zero-order valence-electron chi connectivity index (χ0n) is 10.8. The Morgan fingerprint density at radius 1 is 1.30 bits per heavy atom. The maximum atomic E-state index is 13.6. The maximum Gasteiger partial charge on any atom is 0.305 e. The Kier molecular flexibility index (Phi) is 4.32. The number of amides is 1. The average molecular weight is 283 g/mol. The molecule has 0 radical (unpaired) electrons. The fraction of sp³-hybridized carbons (Fsp3) is 0.429. The van der Waals surface area contributed by atoms with Gasteiger partial charge in [-0.25, -0.2) is 8.78 Å². The minimum absolute atomic E-state index is 0.158. The number of carboxylic acids is 1. The molecule has 1 heterocycles. The Morgan fingerprint density at radius 3 is 2.70 bits per heavy atom. The predicted molar refractivity (Wildman–Crippen MR) is 67.3 cm³/mol. The highest BCUT2D eigenvalue weighted by Crippen LogP contribution is 2.23. The summed E-state index contributed by atoms with van der Waals surface area (Å²) in [6.07, 6.45) is 2.02. The maximum absolute atomic E-state index is 13.6. The van der Waals surface area contributed by atoms with Gasteiger partial charge < -0.3 is 10.0 Å². The molecule has 1 unspecified atom stereocenters. The summed E-state index contributed by atoms with van der Waals surface area (Å²) in [4.78, 5) is 24.5. The van der Waals surface area contributed by atoms with Crippen LogP contribution in [0.4, 0.5) is 8.78 Å². The second-order valence-corrected chi connectivity index (χ2v) is 4.87. The summed E-state index contributed by atoms with van der Waals surface area (Å²) in [6, 6.07) is 2.34. The van der Waals surface area contributed by atoms with Crippen LogP contribution in [0.1, 0.15) is 36.0 Å². The predicted octanol–water partition coefficient (Wildman–Crippen LogP) is 2.43. The molecule has 2 rings (SSSR count). The zero-order valence-corrected chi connectivity index (χ0v) is 10.8. The van der Waals surface area contributed by atoms with E-state index in [2.05, 4.69) is 0 Å². The highest BCUT2D eigenvalue weighted by Gasteiger charge is 2.30. The van der Waals surface area contributed by atoms with Gasteiger partial charge in [0.2, 0.25) is 0 Å². The number of likely N-dealkylation sites (tertiary alicyclic amines) is 1. The molecule has 0 saturated carbocycles. The number of rotatable bonds is 3. The minimum atomic E-state index is -0.991. The van der Waals surface area contributed by atoms with E-state index in [0.717, 1.165) is 25.0 Å². The number of benzene rings is 1. The summed E-state index contributed by atoms with van der Waals surface area (Å²) < 4.78 is 26.5. The highest BCUT2D eigenvalue weighted by molar-refractivity contribution is 5.95. The van der Waals surface area contributed by atoms with E-state index in [9.17, 15) is 18.4 Å². The van der Waals surface area contributed by atoms with Gasteiger partial charge in [0.05, 0.1) is 12.0 Å². The van der Waals surface area contributed by atoms with E-state index in [0.29, 0.717) is 19.0 Å². The summed E-state index contributed by atoms with van der Waals surface area (Å²) in [7, 11) is 0. The Morgan fingerprint density at radius 2 is 2.05 bits per heavy atom. The monoisotopic (exact) mass is 283 g/mol. The third kappa shape index (κ3) is 3.12. The molecule has 0 bridgehead atoms. The van der Waals surface area contributed by atoms with Gasteiger partial charge in [-0.2, -0.15) is 0 Å². The highest BCUT2D eigenvalue weighted by atomic mass is 19.1. The van der Waals surface area contributed by atoms with E-state index in [4.69, 9.17) is 5.11 Å². The fourth-order valence-corrected chi connectivity index (χ4v) is 2.50. The van der Waals surface area contributed by atoms with Gasteiger partial charge in [0, 0.05) is 18.7 Å². The molecular weight excluding hydrogens is 268 g/mol. The van der Waals surface area contributed by atoms with Crippen molar-refractivity contribution in [3.8, 4) is 0 Å². The molecule has 20 heavy (non-hydrogen) atoms. The van der Waals surface area contributed by atoms with Crippen molar-refractivity contribution in [2.75, 3.05) is 6.54 Å². The van der Waals surface area contributed by atoms with Crippen LogP contribution < -0.4 is 0 Å². The quantitative estimate of drug-likeness (QED) is 0.927. The molecule has 1 aliphatic rings. The summed E-state index contributed by atoms with van der Waals surface area (Å²) in [6.45, 7) is 0.396. The number of nitrogens with zero attached hydrogens (tertiary/aromatic N) is 1. The van der Waals surface area contributed by atoms with Crippen molar-refractivity contribution in [1.82, 2.24) is 4.90 Å². The first-order valence-corrected chi connectivity index (χ1v) is 6.47. The number of aliphatic carboxylic acids is 1. The number of carbonyl (C=O) groups is 2. The molecule has 6 heteroatoms. The number of halogens is 2. The van der Waals surface area contributed by atoms with Crippen molar-refractivity contribution >= 4 is 11.9 Å². The van der Waals surface area contributed by atoms with Crippen LogP contribution in [0, 0.1) is 11.6 Å². The van der Waals surface area contributed by atoms with E-state index in [1.807, 2.05) is 0 Å². The van der Waals surface area contributed by atoms with E-state index in [-0.39, 0.29) is 12.0 Å². The van der Waals surface area contributed by atoms with Gasteiger partial charge in [0.25, 0.3) is 5.91 Å². The van der Waals surface area contributed by atoms with Crippen LogP contribution >= 0.6 is 0 Å². The third-order valence-electron chi connectivity index (χ3n) is 3.46. The topological polar surface area (TPSA) is 57.6 Å². The van der Waals surface area contributed by atoms with Crippen LogP contribution in [0.2, 0.25) is 0 Å². The number of carboxylic acid groups (broad SMARTS) is 1. The van der Waals surface area contributed by atoms with Crippen molar-refractivity contribution in [1.29, 1.82) is 0 Å². The van der Waals surface area contributed by atoms with Crippen LogP contribution in [0.5, 0.6) is 0 Å². The van der Waals surface area contributed by atoms with E-state index in [1.165, 1.54) is 4.90 Å². The fourth-order valence-electron chi connectivity index (χ4n) is 2.50. The molecule has 0 aromatic heterocycles. The normalized spacial score (nSPS) is 18.9. The Balaban J connectivity index is 2.22. The van der Waals surface area contributed by atoms with Crippen molar-refractivity contribution in [3.05, 3.63) is 35.4 Å². The lowest BCUT2D eigenvalue weighted by molar-refractivity contribution is -0.138. The minimum Gasteiger partial charge on any atom is -0.481 e. The summed E-state index contributed by atoms with van der Waals surface area (Å²) in [5, 5.41) is 8.87. The van der Waals surface area contributed by atoms with E-state index in [1.54, 1.807) is 0 Å². The van der Waals surface area contributed by atoms with Gasteiger partial charge >= 0.3 is 5.97 Å². The van der Waals surface area contributed by atoms with Gasteiger partial charge in [-0.3, -0.25) is 9.59 Å². The van der Waals surface area contributed by atoms with E-state index >= 15 is 0 Å². The van der Waals surface area contributed by atoms with Crippen LogP contribution in [0.3, 0.4) is 0 Å². The molecule has 1 N–H and O–H groups in total. The Hall–Kier alpha value is -1.98. The molecule has 0 spiro atoms. The lowest BCUT2D eigenvalue weighted by Gasteiger charge is -2.35. The van der Waals surface area contributed by atoms with Crippen molar-refractivity contribution in [2.45, 2.75) is 31.7 Å². The van der Waals surface area contributed by atoms with Crippen molar-refractivity contribution in [2.24, 2.45) is 0 Å². The van der Waals surface area contributed by atoms with Crippen LogP contribution in [0.15, 0.2) is 18.2 Å². The van der Waals surface area contributed by atoms with Crippen molar-refractivity contribution < 1.29 is 23.5 Å².